The molecule has 0 spiro atoms. The molecule has 2 N–H and O–H groups in total. The van der Waals surface area contributed by atoms with Crippen LogP contribution in [0.3, 0.4) is 0 Å². The van der Waals surface area contributed by atoms with E-state index in [2.05, 4.69) is 10.6 Å². The molecule has 6 heteroatoms. The third-order valence-electron chi connectivity index (χ3n) is 3.78. The summed E-state index contributed by atoms with van der Waals surface area (Å²) < 4.78 is 5.32. The fourth-order valence-corrected chi connectivity index (χ4v) is 2.75. The molecule has 0 radical (unpaired) electrons. The van der Waals surface area contributed by atoms with Gasteiger partial charge in [-0.2, -0.15) is 0 Å². The van der Waals surface area contributed by atoms with Crippen molar-refractivity contribution >= 4 is 34.8 Å². The molecule has 0 saturated heterocycles. The molecule has 2 aromatic rings. The smallest absolute Gasteiger partial charge is 0.262 e. The van der Waals surface area contributed by atoms with Gasteiger partial charge in [0.15, 0.2) is 6.61 Å². The predicted molar refractivity (Wildman–Crippen MR) is 93.7 cm³/mol. The summed E-state index contributed by atoms with van der Waals surface area (Å²) >= 11 is 5.91. The Morgan fingerprint density at radius 2 is 2.12 bits per heavy atom. The van der Waals surface area contributed by atoms with Crippen LogP contribution in [0.4, 0.5) is 11.4 Å². The Bertz CT molecular complexity index is 805. The highest BCUT2D eigenvalue weighted by atomic mass is 35.5. The second kappa shape index (κ2) is 6.93. The number of carbonyl (C=O) groups is 2. The quantitative estimate of drug-likeness (QED) is 0.891. The van der Waals surface area contributed by atoms with Gasteiger partial charge in [0.25, 0.3) is 5.91 Å². The van der Waals surface area contributed by atoms with Crippen LogP contribution < -0.4 is 15.4 Å². The zero-order chi connectivity index (χ0) is 17.1. The molecule has 3 rings (SSSR count). The van der Waals surface area contributed by atoms with Gasteiger partial charge in [-0.05, 0) is 54.8 Å². The van der Waals surface area contributed by atoms with Crippen LogP contribution >= 0.6 is 11.6 Å². The SMILES string of the molecule is Cc1cc(Cl)ccc1NC(=O)CCc1ccc2c(c1)NC(=O)CO2. The maximum absolute atomic E-state index is 12.1. The first-order valence-corrected chi connectivity index (χ1v) is 8.00. The maximum Gasteiger partial charge on any atom is 0.262 e. The summed E-state index contributed by atoms with van der Waals surface area (Å²) in [6, 6.07) is 10.9. The molecule has 0 unspecified atom stereocenters. The van der Waals surface area contributed by atoms with Crippen molar-refractivity contribution in [3.05, 3.63) is 52.5 Å². The molecule has 0 fully saturated rings. The normalized spacial score (nSPS) is 12.8. The van der Waals surface area contributed by atoms with Crippen LogP contribution in [0.1, 0.15) is 17.5 Å². The summed E-state index contributed by atoms with van der Waals surface area (Å²) in [6.45, 7) is 1.93. The Kier molecular flexibility index (Phi) is 4.71. The molecule has 124 valence electrons. The zero-order valence-electron chi connectivity index (χ0n) is 13.2. The lowest BCUT2D eigenvalue weighted by atomic mass is 10.1. The summed E-state index contributed by atoms with van der Waals surface area (Å²) in [6.07, 6.45) is 0.914. The molecule has 1 heterocycles. The molecule has 0 aromatic heterocycles. The lowest BCUT2D eigenvalue weighted by molar-refractivity contribution is -0.118. The molecule has 0 aliphatic carbocycles. The van der Waals surface area contributed by atoms with Crippen molar-refractivity contribution in [3.8, 4) is 5.75 Å². The van der Waals surface area contributed by atoms with E-state index in [0.29, 0.717) is 29.3 Å². The number of rotatable bonds is 4. The molecule has 24 heavy (non-hydrogen) atoms. The van der Waals surface area contributed by atoms with E-state index in [1.165, 1.54) is 0 Å². The van der Waals surface area contributed by atoms with E-state index >= 15 is 0 Å². The summed E-state index contributed by atoms with van der Waals surface area (Å²) in [7, 11) is 0. The molecule has 1 aliphatic rings. The average Bonchev–Trinajstić information content (AvgIpc) is 2.55. The first-order chi connectivity index (χ1) is 11.5. The molecular formula is C18H17ClN2O3. The first-order valence-electron chi connectivity index (χ1n) is 7.63. The summed E-state index contributed by atoms with van der Waals surface area (Å²) in [5.41, 5.74) is 3.29. The van der Waals surface area contributed by atoms with Crippen LogP contribution in [0, 0.1) is 6.92 Å². The average molecular weight is 345 g/mol. The number of fused-ring (bicyclic) bond motifs is 1. The molecule has 5 nitrogen and oxygen atoms in total. The van der Waals surface area contributed by atoms with Crippen LogP contribution in [0.2, 0.25) is 5.02 Å². The van der Waals surface area contributed by atoms with Crippen LogP contribution in [0.5, 0.6) is 5.75 Å². The van der Waals surface area contributed by atoms with Crippen molar-refractivity contribution < 1.29 is 14.3 Å². The maximum atomic E-state index is 12.1. The topological polar surface area (TPSA) is 67.4 Å². The monoisotopic (exact) mass is 344 g/mol. The van der Waals surface area contributed by atoms with Gasteiger partial charge in [0, 0.05) is 17.1 Å². The summed E-state index contributed by atoms with van der Waals surface area (Å²) in [5, 5.41) is 6.29. The van der Waals surface area contributed by atoms with Crippen LogP contribution in [0.25, 0.3) is 0 Å². The van der Waals surface area contributed by atoms with E-state index in [1.807, 2.05) is 31.2 Å². The van der Waals surface area contributed by atoms with Crippen molar-refractivity contribution in [2.45, 2.75) is 19.8 Å². The fourth-order valence-electron chi connectivity index (χ4n) is 2.52. The zero-order valence-corrected chi connectivity index (χ0v) is 13.9. The summed E-state index contributed by atoms with van der Waals surface area (Å²) in [5.74, 6) is 0.411. The van der Waals surface area contributed by atoms with Gasteiger partial charge < -0.3 is 15.4 Å². The van der Waals surface area contributed by atoms with Gasteiger partial charge in [0.2, 0.25) is 5.91 Å². The van der Waals surface area contributed by atoms with Crippen molar-refractivity contribution in [1.82, 2.24) is 0 Å². The number of anilines is 2. The highest BCUT2D eigenvalue weighted by molar-refractivity contribution is 6.30. The van der Waals surface area contributed by atoms with Crippen molar-refractivity contribution in [2.75, 3.05) is 17.2 Å². The van der Waals surface area contributed by atoms with E-state index < -0.39 is 0 Å². The van der Waals surface area contributed by atoms with Crippen molar-refractivity contribution in [3.63, 3.8) is 0 Å². The lowest BCUT2D eigenvalue weighted by Gasteiger charge is -2.18. The van der Waals surface area contributed by atoms with E-state index in [9.17, 15) is 9.59 Å². The minimum Gasteiger partial charge on any atom is -0.482 e. The number of aryl methyl sites for hydroxylation is 2. The number of hydrogen-bond acceptors (Lipinski definition) is 3. The van der Waals surface area contributed by atoms with Gasteiger partial charge in [0.05, 0.1) is 5.69 Å². The molecule has 0 atom stereocenters. The molecular weight excluding hydrogens is 328 g/mol. The van der Waals surface area contributed by atoms with Crippen molar-refractivity contribution in [1.29, 1.82) is 0 Å². The first kappa shape index (κ1) is 16.3. The number of benzene rings is 2. The molecule has 2 amide bonds. The number of ether oxygens (including phenoxy) is 1. The Morgan fingerprint density at radius 3 is 2.92 bits per heavy atom. The minimum atomic E-state index is -0.171. The predicted octanol–water partition coefficient (Wildman–Crippen LogP) is 3.55. The van der Waals surface area contributed by atoms with Crippen LogP contribution in [-0.2, 0) is 16.0 Å². The Morgan fingerprint density at radius 1 is 1.29 bits per heavy atom. The number of amides is 2. The Labute approximate surface area is 145 Å². The molecule has 0 saturated carbocycles. The second-order valence-corrected chi connectivity index (χ2v) is 6.11. The number of hydrogen-bond donors (Lipinski definition) is 2. The molecule has 0 bridgehead atoms. The van der Waals surface area contributed by atoms with E-state index in [4.69, 9.17) is 16.3 Å². The Balaban J connectivity index is 1.60. The fraction of sp³-hybridized carbons (Fsp3) is 0.222. The number of carbonyl (C=O) groups excluding carboxylic acids is 2. The van der Waals surface area contributed by atoms with Gasteiger partial charge in [-0.1, -0.05) is 17.7 Å². The molecule has 2 aromatic carbocycles. The third kappa shape index (κ3) is 3.86. The van der Waals surface area contributed by atoms with Crippen molar-refractivity contribution in [2.24, 2.45) is 0 Å². The van der Waals surface area contributed by atoms with Gasteiger partial charge in [-0.3, -0.25) is 9.59 Å². The third-order valence-corrected chi connectivity index (χ3v) is 4.02. The highest BCUT2D eigenvalue weighted by Crippen LogP contribution is 2.29. The van der Waals surface area contributed by atoms with E-state index in [0.717, 1.165) is 16.8 Å². The summed E-state index contributed by atoms with van der Waals surface area (Å²) in [4.78, 5) is 23.5. The van der Waals surface area contributed by atoms with Crippen LogP contribution in [-0.4, -0.2) is 18.4 Å². The van der Waals surface area contributed by atoms with Crippen LogP contribution in [0.15, 0.2) is 36.4 Å². The number of halogens is 1. The van der Waals surface area contributed by atoms with Gasteiger partial charge >= 0.3 is 0 Å². The second-order valence-electron chi connectivity index (χ2n) is 5.67. The minimum absolute atomic E-state index is 0.0369. The van der Waals surface area contributed by atoms with E-state index in [1.54, 1.807) is 12.1 Å². The Hall–Kier alpha value is -2.53. The van der Waals surface area contributed by atoms with Gasteiger partial charge in [-0.25, -0.2) is 0 Å². The van der Waals surface area contributed by atoms with E-state index in [-0.39, 0.29) is 18.4 Å². The number of nitrogens with one attached hydrogen (secondary N) is 2. The lowest BCUT2D eigenvalue weighted by Crippen LogP contribution is -2.25. The van der Waals surface area contributed by atoms with Gasteiger partial charge in [0.1, 0.15) is 5.75 Å². The highest BCUT2D eigenvalue weighted by Gasteiger charge is 2.16. The molecule has 1 aliphatic heterocycles. The largest absolute Gasteiger partial charge is 0.482 e. The standard InChI is InChI=1S/C18H17ClN2O3/c1-11-8-13(19)4-5-14(11)20-17(22)7-3-12-2-6-16-15(9-12)21-18(23)10-24-16/h2,4-6,8-9H,3,7,10H2,1H3,(H,20,22)(H,21,23). The van der Waals surface area contributed by atoms with Gasteiger partial charge in [-0.15, -0.1) is 0 Å².